The molecule has 3 rings (SSSR count). The van der Waals surface area contributed by atoms with E-state index in [1.165, 1.54) is 4.88 Å². The molecule has 3 aromatic rings. The van der Waals surface area contributed by atoms with E-state index >= 15 is 0 Å². The van der Waals surface area contributed by atoms with Crippen molar-refractivity contribution in [3.63, 3.8) is 0 Å². The van der Waals surface area contributed by atoms with Gasteiger partial charge in [-0.05, 0) is 93.6 Å². The van der Waals surface area contributed by atoms with E-state index in [1.807, 2.05) is 24.3 Å². The molecule has 0 spiro atoms. The van der Waals surface area contributed by atoms with Crippen LogP contribution in [0.25, 0.3) is 11.3 Å². The van der Waals surface area contributed by atoms with Crippen molar-refractivity contribution < 1.29 is 9.47 Å². The van der Waals surface area contributed by atoms with Crippen LogP contribution in [0.1, 0.15) is 48.6 Å². The Balaban J connectivity index is 1.36. The first-order valence-electron chi connectivity index (χ1n) is 12.4. The molecule has 0 aliphatic carbocycles. The summed E-state index contributed by atoms with van der Waals surface area (Å²) in [6.07, 6.45) is 3.98. The molecule has 0 amide bonds. The number of ether oxygens (including phenoxy) is 2. The van der Waals surface area contributed by atoms with Crippen LogP contribution in [0.4, 0.5) is 0 Å². The number of nitrogens with two attached hydrogens (primary N) is 1. The van der Waals surface area contributed by atoms with E-state index in [2.05, 4.69) is 38.2 Å². The highest BCUT2D eigenvalue weighted by molar-refractivity contribution is 7.12. The van der Waals surface area contributed by atoms with Crippen molar-refractivity contribution in [2.45, 2.75) is 46.5 Å². The molecule has 0 aliphatic rings. The highest BCUT2D eigenvalue weighted by atomic mass is 32.1. The number of thiazole rings is 1. The summed E-state index contributed by atoms with van der Waals surface area (Å²) in [5.74, 6) is 2.43. The van der Waals surface area contributed by atoms with Crippen molar-refractivity contribution in [2.24, 2.45) is 11.7 Å². The summed E-state index contributed by atoms with van der Waals surface area (Å²) in [7, 11) is 0. The van der Waals surface area contributed by atoms with E-state index in [1.54, 1.807) is 23.5 Å². The second kappa shape index (κ2) is 13.9. The Morgan fingerprint density at radius 2 is 1.57 bits per heavy atom. The standard InChI is InChI=1S/C28H38N4O2S/c1-20(2)19-31-16-15-26-27(32-21(3)35-26)22-7-11-24(12-8-22)33-17-5-4-6-18-34-25-13-9-23(10-14-25)28(29)30/h7-14,20,31H,4-6,15-19H2,1-3H3,(H3,29,30). The third-order valence-corrected chi connectivity index (χ3v) is 6.54. The maximum Gasteiger partial charge on any atom is 0.122 e. The van der Waals surface area contributed by atoms with Crippen molar-refractivity contribution in [1.82, 2.24) is 10.3 Å². The van der Waals surface area contributed by atoms with Crippen molar-refractivity contribution >= 4 is 17.2 Å². The summed E-state index contributed by atoms with van der Waals surface area (Å²) >= 11 is 1.79. The number of aryl methyl sites for hydroxylation is 1. The molecule has 0 aliphatic heterocycles. The second-order valence-electron chi connectivity index (χ2n) is 9.07. The molecule has 4 N–H and O–H groups in total. The van der Waals surface area contributed by atoms with Crippen LogP contribution in [0.15, 0.2) is 48.5 Å². The number of amidine groups is 1. The van der Waals surface area contributed by atoms with Gasteiger partial charge in [0.2, 0.25) is 0 Å². The molecule has 0 fully saturated rings. The van der Waals surface area contributed by atoms with Crippen LogP contribution in [-0.4, -0.2) is 37.1 Å². The Morgan fingerprint density at radius 1 is 0.971 bits per heavy atom. The number of nitrogen functional groups attached to an aromatic ring is 1. The summed E-state index contributed by atoms with van der Waals surface area (Å²) in [5.41, 5.74) is 8.42. The summed E-state index contributed by atoms with van der Waals surface area (Å²) in [6.45, 7) is 9.91. The zero-order valence-corrected chi connectivity index (χ0v) is 21.9. The van der Waals surface area contributed by atoms with Gasteiger partial charge in [-0.2, -0.15) is 0 Å². The number of nitrogens with zero attached hydrogens (tertiary/aromatic N) is 1. The molecule has 0 saturated carbocycles. The quantitative estimate of drug-likeness (QED) is 0.141. The predicted octanol–water partition coefficient (Wildman–Crippen LogP) is 5.82. The maximum atomic E-state index is 7.42. The lowest BCUT2D eigenvalue weighted by Crippen LogP contribution is -2.22. The average molecular weight is 495 g/mol. The van der Waals surface area contributed by atoms with Gasteiger partial charge < -0.3 is 20.5 Å². The molecule has 0 unspecified atom stereocenters. The Bertz CT molecular complexity index is 1050. The van der Waals surface area contributed by atoms with Crippen LogP contribution in [0.5, 0.6) is 11.5 Å². The van der Waals surface area contributed by atoms with E-state index < -0.39 is 0 Å². The van der Waals surface area contributed by atoms with Gasteiger partial charge in [-0.3, -0.25) is 5.41 Å². The molecule has 1 aromatic heterocycles. The van der Waals surface area contributed by atoms with Gasteiger partial charge in [-0.15, -0.1) is 11.3 Å². The monoisotopic (exact) mass is 494 g/mol. The van der Waals surface area contributed by atoms with Gasteiger partial charge in [0.05, 0.1) is 23.9 Å². The lowest BCUT2D eigenvalue weighted by atomic mass is 10.1. The topological polar surface area (TPSA) is 93.2 Å². The fraction of sp³-hybridized carbons (Fsp3) is 0.429. The predicted molar refractivity (Wildman–Crippen MR) is 146 cm³/mol. The van der Waals surface area contributed by atoms with Crippen molar-refractivity contribution in [3.05, 3.63) is 64.0 Å². The third-order valence-electron chi connectivity index (χ3n) is 5.50. The Morgan fingerprint density at radius 3 is 2.14 bits per heavy atom. The zero-order valence-electron chi connectivity index (χ0n) is 21.1. The van der Waals surface area contributed by atoms with Crippen molar-refractivity contribution in [3.8, 4) is 22.8 Å². The summed E-state index contributed by atoms with van der Waals surface area (Å²) in [5, 5.41) is 12.1. The molecular weight excluding hydrogens is 456 g/mol. The number of nitrogens with one attached hydrogen (secondary N) is 2. The van der Waals surface area contributed by atoms with E-state index in [9.17, 15) is 0 Å². The van der Waals surface area contributed by atoms with Crippen LogP contribution in [0, 0.1) is 18.3 Å². The minimum Gasteiger partial charge on any atom is -0.494 e. The first-order chi connectivity index (χ1) is 16.9. The summed E-state index contributed by atoms with van der Waals surface area (Å²) in [4.78, 5) is 6.12. The molecule has 2 aromatic carbocycles. The van der Waals surface area contributed by atoms with Gasteiger partial charge in [-0.1, -0.05) is 13.8 Å². The number of hydrogen-bond acceptors (Lipinski definition) is 6. The molecule has 0 bridgehead atoms. The number of aromatic nitrogens is 1. The summed E-state index contributed by atoms with van der Waals surface area (Å²) in [6, 6.07) is 15.6. The Labute approximate surface area is 213 Å². The first-order valence-corrected chi connectivity index (χ1v) is 13.2. The number of unbranched alkanes of at least 4 members (excludes halogenated alkanes) is 2. The molecule has 0 saturated heterocycles. The minimum atomic E-state index is 0.0687. The Hall–Kier alpha value is -2.90. The molecule has 0 atom stereocenters. The highest BCUT2D eigenvalue weighted by Gasteiger charge is 2.11. The fourth-order valence-corrected chi connectivity index (χ4v) is 4.62. The van der Waals surface area contributed by atoms with E-state index in [-0.39, 0.29) is 5.84 Å². The van der Waals surface area contributed by atoms with Crippen LogP contribution in [0.2, 0.25) is 0 Å². The maximum absolute atomic E-state index is 7.42. The van der Waals surface area contributed by atoms with E-state index in [0.717, 1.165) is 66.5 Å². The molecule has 0 radical (unpaired) electrons. The largest absolute Gasteiger partial charge is 0.494 e. The lowest BCUT2D eigenvalue weighted by Gasteiger charge is -2.09. The van der Waals surface area contributed by atoms with Gasteiger partial charge in [0.15, 0.2) is 0 Å². The average Bonchev–Trinajstić information content (AvgIpc) is 3.22. The van der Waals surface area contributed by atoms with Crippen LogP contribution in [-0.2, 0) is 6.42 Å². The van der Waals surface area contributed by atoms with Crippen LogP contribution in [0.3, 0.4) is 0 Å². The molecule has 35 heavy (non-hydrogen) atoms. The molecule has 1 heterocycles. The second-order valence-corrected chi connectivity index (χ2v) is 10.4. The zero-order chi connectivity index (χ0) is 25.0. The van der Waals surface area contributed by atoms with Gasteiger partial charge >= 0.3 is 0 Å². The summed E-state index contributed by atoms with van der Waals surface area (Å²) < 4.78 is 11.7. The van der Waals surface area contributed by atoms with Gasteiger partial charge in [0.1, 0.15) is 17.3 Å². The van der Waals surface area contributed by atoms with E-state index in [4.69, 9.17) is 25.6 Å². The van der Waals surface area contributed by atoms with Crippen LogP contribution >= 0.6 is 11.3 Å². The van der Waals surface area contributed by atoms with Gasteiger partial charge in [0, 0.05) is 22.5 Å². The number of benzene rings is 2. The minimum absolute atomic E-state index is 0.0687. The molecule has 188 valence electrons. The lowest BCUT2D eigenvalue weighted by molar-refractivity contribution is 0.279. The molecule has 6 nitrogen and oxygen atoms in total. The van der Waals surface area contributed by atoms with Crippen LogP contribution < -0.4 is 20.5 Å². The first kappa shape index (κ1) is 26.7. The number of rotatable bonds is 15. The van der Waals surface area contributed by atoms with Crippen molar-refractivity contribution in [2.75, 3.05) is 26.3 Å². The SMILES string of the molecule is Cc1nc(-c2ccc(OCCCCCOc3ccc(C(=N)N)cc3)cc2)c(CCNCC(C)C)s1. The molecular formula is C28H38N4O2S. The van der Waals surface area contributed by atoms with E-state index in [0.29, 0.717) is 24.7 Å². The van der Waals surface area contributed by atoms with Gasteiger partial charge in [0.25, 0.3) is 0 Å². The molecule has 7 heteroatoms. The smallest absolute Gasteiger partial charge is 0.122 e. The van der Waals surface area contributed by atoms with Crippen molar-refractivity contribution in [1.29, 1.82) is 5.41 Å². The number of hydrogen-bond donors (Lipinski definition) is 3. The van der Waals surface area contributed by atoms with Gasteiger partial charge in [-0.25, -0.2) is 4.98 Å². The normalized spacial score (nSPS) is 11.1. The third kappa shape index (κ3) is 9.00. The Kier molecular flexibility index (Phi) is 10.6. The fourth-order valence-electron chi connectivity index (χ4n) is 3.66. The highest BCUT2D eigenvalue weighted by Crippen LogP contribution is 2.29.